The molecule has 0 atom stereocenters. The molecule has 0 unspecified atom stereocenters. The summed E-state index contributed by atoms with van der Waals surface area (Å²) in [6.07, 6.45) is 4.89. The van der Waals surface area contributed by atoms with Gasteiger partial charge in [0.2, 0.25) is 0 Å². The van der Waals surface area contributed by atoms with Gasteiger partial charge in [-0.1, -0.05) is 0 Å². The molecule has 2 aromatic heterocycles. The summed E-state index contributed by atoms with van der Waals surface area (Å²) >= 11 is 0. The van der Waals surface area contributed by atoms with Crippen LogP contribution in [0.5, 0.6) is 0 Å². The van der Waals surface area contributed by atoms with Crippen LogP contribution in [0.25, 0.3) is 11.4 Å². The van der Waals surface area contributed by atoms with Crippen molar-refractivity contribution in [3.63, 3.8) is 0 Å². The molecule has 0 amide bonds. The SMILES string of the molecule is COC(=O)c1cnc(-c2ccncc2C)[nH]1. The van der Waals surface area contributed by atoms with Crippen LogP contribution in [0.15, 0.2) is 24.7 Å². The number of hydrogen-bond acceptors (Lipinski definition) is 4. The van der Waals surface area contributed by atoms with E-state index < -0.39 is 5.97 Å². The van der Waals surface area contributed by atoms with Crippen LogP contribution in [0.2, 0.25) is 0 Å². The summed E-state index contributed by atoms with van der Waals surface area (Å²) < 4.78 is 4.59. The monoisotopic (exact) mass is 217 g/mol. The third-order valence-corrected chi connectivity index (χ3v) is 2.26. The molecule has 5 heteroatoms. The van der Waals surface area contributed by atoms with Crippen molar-refractivity contribution in [3.05, 3.63) is 35.9 Å². The first-order chi connectivity index (χ1) is 7.72. The van der Waals surface area contributed by atoms with Crippen molar-refractivity contribution in [1.29, 1.82) is 0 Å². The number of nitrogens with zero attached hydrogens (tertiary/aromatic N) is 2. The Hall–Kier alpha value is -2.17. The van der Waals surface area contributed by atoms with E-state index in [4.69, 9.17) is 0 Å². The third-order valence-electron chi connectivity index (χ3n) is 2.26. The van der Waals surface area contributed by atoms with Gasteiger partial charge in [0.1, 0.15) is 11.5 Å². The fourth-order valence-corrected chi connectivity index (χ4v) is 1.41. The first-order valence-electron chi connectivity index (χ1n) is 4.76. The van der Waals surface area contributed by atoms with Crippen LogP contribution in [0.3, 0.4) is 0 Å². The first kappa shape index (κ1) is 10.4. The van der Waals surface area contributed by atoms with E-state index >= 15 is 0 Å². The number of aromatic amines is 1. The van der Waals surface area contributed by atoms with Crippen LogP contribution in [-0.2, 0) is 4.74 Å². The van der Waals surface area contributed by atoms with Gasteiger partial charge in [0.25, 0.3) is 0 Å². The Morgan fingerprint density at radius 1 is 1.44 bits per heavy atom. The number of aryl methyl sites for hydroxylation is 1. The van der Waals surface area contributed by atoms with Crippen molar-refractivity contribution in [2.75, 3.05) is 7.11 Å². The van der Waals surface area contributed by atoms with Gasteiger partial charge in [-0.3, -0.25) is 4.98 Å². The van der Waals surface area contributed by atoms with Gasteiger partial charge in [-0.2, -0.15) is 0 Å². The van der Waals surface area contributed by atoms with Crippen molar-refractivity contribution in [3.8, 4) is 11.4 Å². The molecular weight excluding hydrogens is 206 g/mol. The molecule has 0 aliphatic rings. The second-order valence-electron chi connectivity index (χ2n) is 3.33. The van der Waals surface area contributed by atoms with E-state index in [0.717, 1.165) is 11.1 Å². The highest BCUT2D eigenvalue weighted by Gasteiger charge is 2.11. The van der Waals surface area contributed by atoms with Gasteiger partial charge in [-0.15, -0.1) is 0 Å². The molecule has 0 aliphatic carbocycles. The van der Waals surface area contributed by atoms with E-state index in [1.807, 2.05) is 13.0 Å². The lowest BCUT2D eigenvalue weighted by atomic mass is 10.1. The average Bonchev–Trinajstić information content (AvgIpc) is 2.78. The van der Waals surface area contributed by atoms with E-state index in [0.29, 0.717) is 11.5 Å². The standard InChI is InChI=1S/C11H11N3O2/c1-7-5-12-4-3-8(7)10-13-6-9(14-10)11(15)16-2/h3-6H,1-2H3,(H,13,14). The van der Waals surface area contributed by atoms with Crippen molar-refractivity contribution in [1.82, 2.24) is 15.0 Å². The Bertz CT molecular complexity index is 519. The molecule has 2 rings (SSSR count). The molecule has 0 spiro atoms. The zero-order valence-electron chi connectivity index (χ0n) is 9.02. The predicted molar refractivity (Wildman–Crippen MR) is 57.9 cm³/mol. The summed E-state index contributed by atoms with van der Waals surface area (Å²) in [4.78, 5) is 22.3. The predicted octanol–water partition coefficient (Wildman–Crippen LogP) is 1.57. The smallest absolute Gasteiger partial charge is 0.356 e. The normalized spacial score (nSPS) is 10.1. The van der Waals surface area contributed by atoms with Crippen LogP contribution in [0.4, 0.5) is 0 Å². The Morgan fingerprint density at radius 2 is 2.25 bits per heavy atom. The molecule has 0 fully saturated rings. The molecule has 0 aromatic carbocycles. The average molecular weight is 217 g/mol. The number of carbonyl (C=O) groups excluding carboxylic acids is 1. The highest BCUT2D eigenvalue weighted by Crippen LogP contribution is 2.18. The molecule has 2 aromatic rings. The van der Waals surface area contributed by atoms with E-state index in [9.17, 15) is 4.79 Å². The van der Waals surface area contributed by atoms with Crippen molar-refractivity contribution in [2.45, 2.75) is 6.92 Å². The summed E-state index contributed by atoms with van der Waals surface area (Å²) in [5.41, 5.74) is 2.26. The number of nitrogens with one attached hydrogen (secondary N) is 1. The number of carbonyl (C=O) groups is 1. The number of aromatic nitrogens is 3. The van der Waals surface area contributed by atoms with Crippen LogP contribution in [0.1, 0.15) is 16.1 Å². The topological polar surface area (TPSA) is 67.9 Å². The van der Waals surface area contributed by atoms with E-state index in [2.05, 4.69) is 19.7 Å². The molecule has 0 saturated carbocycles. The number of imidazole rings is 1. The van der Waals surface area contributed by atoms with Gasteiger partial charge in [-0.25, -0.2) is 9.78 Å². The van der Waals surface area contributed by atoms with Gasteiger partial charge in [0.05, 0.1) is 13.3 Å². The van der Waals surface area contributed by atoms with Gasteiger partial charge in [-0.05, 0) is 18.6 Å². The molecule has 1 N–H and O–H groups in total. The minimum absolute atomic E-state index is 0.341. The molecule has 0 radical (unpaired) electrons. The van der Waals surface area contributed by atoms with E-state index in [1.54, 1.807) is 12.4 Å². The number of ether oxygens (including phenoxy) is 1. The van der Waals surface area contributed by atoms with Crippen LogP contribution >= 0.6 is 0 Å². The highest BCUT2D eigenvalue weighted by atomic mass is 16.5. The lowest BCUT2D eigenvalue weighted by Crippen LogP contribution is -2.01. The lowest BCUT2D eigenvalue weighted by molar-refractivity contribution is 0.0595. The molecule has 0 saturated heterocycles. The Kier molecular flexibility index (Phi) is 2.68. The fraction of sp³-hybridized carbons (Fsp3) is 0.182. The second-order valence-corrected chi connectivity index (χ2v) is 3.33. The van der Waals surface area contributed by atoms with Gasteiger partial charge >= 0.3 is 5.97 Å². The van der Waals surface area contributed by atoms with Crippen LogP contribution in [-0.4, -0.2) is 28.0 Å². The first-order valence-corrected chi connectivity index (χ1v) is 4.76. The second kappa shape index (κ2) is 4.14. The van der Waals surface area contributed by atoms with Crippen molar-refractivity contribution >= 4 is 5.97 Å². The lowest BCUT2D eigenvalue weighted by Gasteiger charge is -2.00. The third kappa shape index (κ3) is 1.79. The molecule has 0 aliphatic heterocycles. The number of esters is 1. The molecule has 5 nitrogen and oxygen atoms in total. The summed E-state index contributed by atoms with van der Waals surface area (Å²) in [5.74, 6) is 0.214. The number of methoxy groups -OCH3 is 1. The summed E-state index contributed by atoms with van der Waals surface area (Å²) in [7, 11) is 1.33. The van der Waals surface area contributed by atoms with E-state index in [-0.39, 0.29) is 0 Å². The molecule has 2 heterocycles. The van der Waals surface area contributed by atoms with E-state index in [1.165, 1.54) is 13.3 Å². The summed E-state index contributed by atoms with van der Waals surface area (Å²) in [5, 5.41) is 0. The molecule has 16 heavy (non-hydrogen) atoms. The number of H-pyrrole nitrogens is 1. The number of hydrogen-bond donors (Lipinski definition) is 1. The van der Waals surface area contributed by atoms with Crippen LogP contribution < -0.4 is 0 Å². The fourth-order valence-electron chi connectivity index (χ4n) is 1.41. The Morgan fingerprint density at radius 3 is 2.94 bits per heavy atom. The largest absolute Gasteiger partial charge is 0.464 e. The van der Waals surface area contributed by atoms with Gasteiger partial charge in [0, 0.05) is 18.0 Å². The molecule has 0 bridgehead atoms. The Balaban J connectivity index is 2.39. The van der Waals surface area contributed by atoms with Gasteiger partial charge in [0.15, 0.2) is 0 Å². The van der Waals surface area contributed by atoms with Crippen LogP contribution in [0, 0.1) is 6.92 Å². The maximum Gasteiger partial charge on any atom is 0.356 e. The zero-order chi connectivity index (χ0) is 11.5. The van der Waals surface area contributed by atoms with Crippen molar-refractivity contribution in [2.24, 2.45) is 0 Å². The highest BCUT2D eigenvalue weighted by molar-refractivity contribution is 5.87. The summed E-state index contributed by atoms with van der Waals surface area (Å²) in [6.45, 7) is 1.93. The molecular formula is C11H11N3O2. The quantitative estimate of drug-likeness (QED) is 0.775. The van der Waals surface area contributed by atoms with Gasteiger partial charge < -0.3 is 9.72 Å². The summed E-state index contributed by atoms with van der Waals surface area (Å²) in [6, 6.07) is 1.84. The van der Waals surface area contributed by atoms with Crippen molar-refractivity contribution < 1.29 is 9.53 Å². The Labute approximate surface area is 92.5 Å². The minimum Gasteiger partial charge on any atom is -0.464 e. The molecule has 82 valence electrons. The number of rotatable bonds is 2. The number of pyridine rings is 1. The zero-order valence-corrected chi connectivity index (χ0v) is 9.02. The maximum atomic E-state index is 11.2. The maximum absolute atomic E-state index is 11.2. The minimum atomic E-state index is -0.426.